The third kappa shape index (κ3) is 6.03. The Bertz CT molecular complexity index is 503. The molecule has 1 unspecified atom stereocenters. The second-order valence-electron chi connectivity index (χ2n) is 4.43. The minimum atomic E-state index is -0.626. The number of nitrogens with one attached hydrogen (secondary N) is 1. The average molecular weight is 299 g/mol. The second-order valence-corrected chi connectivity index (χ2v) is 4.43. The van der Waals surface area contributed by atoms with Crippen LogP contribution in [0.3, 0.4) is 0 Å². The summed E-state index contributed by atoms with van der Waals surface area (Å²) in [6.45, 7) is 1.13. The van der Waals surface area contributed by atoms with Crippen molar-refractivity contribution in [3.8, 4) is 0 Å². The highest BCUT2D eigenvalue weighted by Gasteiger charge is 2.10. The maximum Gasteiger partial charge on any atom is 0.271 e. The van der Waals surface area contributed by atoms with Crippen molar-refractivity contribution in [2.24, 2.45) is 0 Å². The van der Waals surface area contributed by atoms with Crippen LogP contribution in [-0.2, 0) is 16.0 Å². The number of hydrogen-bond acceptors (Lipinski definition) is 6. The van der Waals surface area contributed by atoms with Gasteiger partial charge in [0.15, 0.2) is 0 Å². The molecular weight excluding hydrogens is 278 g/mol. The highest BCUT2D eigenvalue weighted by atomic mass is 16.5. The number of aliphatic hydroxyl groups excluding tert-OH is 1. The smallest absolute Gasteiger partial charge is 0.271 e. The van der Waals surface area contributed by atoms with Gasteiger partial charge in [0, 0.05) is 26.8 Å². The monoisotopic (exact) mass is 299 g/mol. The van der Waals surface area contributed by atoms with E-state index in [2.05, 4.69) is 10.4 Å². The van der Waals surface area contributed by atoms with E-state index in [4.69, 9.17) is 9.47 Å². The maximum atomic E-state index is 11.9. The number of aliphatic hydroxyl groups is 1. The van der Waals surface area contributed by atoms with Gasteiger partial charge in [0.1, 0.15) is 5.69 Å². The van der Waals surface area contributed by atoms with E-state index in [1.54, 1.807) is 0 Å². The quantitative estimate of drug-likeness (QED) is 0.607. The Morgan fingerprint density at radius 1 is 1.43 bits per heavy atom. The molecule has 0 aliphatic carbocycles. The molecule has 0 spiro atoms. The summed E-state index contributed by atoms with van der Waals surface area (Å²) in [5.41, 5.74) is -0.147. The molecular formula is C13H21N3O5. The Labute approximate surface area is 122 Å². The summed E-state index contributed by atoms with van der Waals surface area (Å²) in [6, 6.07) is 2.66. The van der Waals surface area contributed by atoms with Gasteiger partial charge in [-0.25, -0.2) is 4.68 Å². The first-order chi connectivity index (χ1) is 10.1. The molecule has 1 aromatic heterocycles. The lowest BCUT2D eigenvalue weighted by Crippen LogP contribution is -2.32. The topological polar surface area (TPSA) is 103 Å². The van der Waals surface area contributed by atoms with Crippen molar-refractivity contribution in [2.75, 3.05) is 34.0 Å². The summed E-state index contributed by atoms with van der Waals surface area (Å²) in [7, 11) is 3.02. The normalized spacial score (nSPS) is 12.1. The van der Waals surface area contributed by atoms with Crippen LogP contribution >= 0.6 is 0 Å². The molecule has 0 aliphatic rings. The molecule has 8 heteroatoms. The van der Waals surface area contributed by atoms with Crippen LogP contribution in [0.1, 0.15) is 16.9 Å². The molecule has 0 aliphatic heterocycles. The van der Waals surface area contributed by atoms with Crippen LogP contribution in [-0.4, -0.2) is 60.9 Å². The molecule has 1 heterocycles. The third-order valence-electron chi connectivity index (χ3n) is 2.73. The number of methoxy groups -OCH3 is 2. The molecule has 2 N–H and O–H groups in total. The number of rotatable bonds is 9. The first-order valence-electron chi connectivity index (χ1n) is 6.60. The SMILES string of the molecule is COCCn1nc(C(=O)NCCC(O)COC)ccc1=O. The van der Waals surface area contributed by atoms with Crippen molar-refractivity contribution >= 4 is 5.91 Å². The predicted octanol–water partition coefficient (Wildman–Crippen LogP) is -0.983. The van der Waals surface area contributed by atoms with Crippen LogP contribution in [0.25, 0.3) is 0 Å². The van der Waals surface area contributed by atoms with Crippen molar-refractivity contribution in [2.45, 2.75) is 19.1 Å². The van der Waals surface area contributed by atoms with Gasteiger partial charge in [0.25, 0.3) is 11.5 Å². The van der Waals surface area contributed by atoms with E-state index >= 15 is 0 Å². The van der Waals surface area contributed by atoms with Crippen LogP contribution in [0.2, 0.25) is 0 Å². The fourth-order valence-electron chi connectivity index (χ4n) is 1.63. The number of carbonyl (C=O) groups is 1. The van der Waals surface area contributed by atoms with E-state index in [1.165, 1.54) is 31.0 Å². The fraction of sp³-hybridized carbons (Fsp3) is 0.615. The molecule has 0 aromatic carbocycles. The Hall–Kier alpha value is -1.77. The van der Waals surface area contributed by atoms with Gasteiger partial charge in [-0.3, -0.25) is 9.59 Å². The number of nitrogens with zero attached hydrogens (tertiary/aromatic N) is 2. The number of carbonyl (C=O) groups excluding carboxylic acids is 1. The molecule has 1 amide bonds. The largest absolute Gasteiger partial charge is 0.391 e. The Kier molecular flexibility index (Phi) is 7.59. The van der Waals surface area contributed by atoms with E-state index in [9.17, 15) is 14.7 Å². The van der Waals surface area contributed by atoms with Gasteiger partial charge in [-0.15, -0.1) is 0 Å². The number of aromatic nitrogens is 2. The molecule has 1 atom stereocenters. The first kappa shape index (κ1) is 17.3. The minimum Gasteiger partial charge on any atom is -0.391 e. The molecule has 0 fully saturated rings. The predicted molar refractivity (Wildman–Crippen MR) is 75.2 cm³/mol. The van der Waals surface area contributed by atoms with Gasteiger partial charge in [0.05, 0.1) is 25.9 Å². The number of amides is 1. The Morgan fingerprint density at radius 2 is 2.19 bits per heavy atom. The summed E-state index contributed by atoms with van der Waals surface area (Å²) >= 11 is 0. The summed E-state index contributed by atoms with van der Waals surface area (Å²) in [4.78, 5) is 23.4. The third-order valence-corrected chi connectivity index (χ3v) is 2.73. The lowest BCUT2D eigenvalue weighted by atomic mass is 10.2. The van der Waals surface area contributed by atoms with E-state index in [-0.39, 0.29) is 24.4 Å². The summed E-state index contributed by atoms with van der Waals surface area (Å²) in [5, 5.41) is 16.1. The van der Waals surface area contributed by atoms with E-state index in [1.807, 2.05) is 0 Å². The van der Waals surface area contributed by atoms with E-state index in [0.717, 1.165) is 0 Å². The van der Waals surface area contributed by atoms with Crippen LogP contribution in [0, 0.1) is 0 Å². The van der Waals surface area contributed by atoms with Gasteiger partial charge in [0.2, 0.25) is 0 Å². The van der Waals surface area contributed by atoms with Gasteiger partial charge in [-0.2, -0.15) is 5.10 Å². The second kappa shape index (κ2) is 9.22. The van der Waals surface area contributed by atoms with E-state index in [0.29, 0.717) is 19.6 Å². The lowest BCUT2D eigenvalue weighted by molar-refractivity contribution is 0.0587. The summed E-state index contributed by atoms with van der Waals surface area (Å²) < 4.78 is 10.8. The molecule has 1 rings (SSSR count). The Morgan fingerprint density at radius 3 is 2.86 bits per heavy atom. The molecule has 1 aromatic rings. The van der Waals surface area contributed by atoms with Crippen molar-refractivity contribution in [1.29, 1.82) is 0 Å². The van der Waals surface area contributed by atoms with Gasteiger partial charge in [-0.05, 0) is 12.5 Å². The zero-order valence-corrected chi connectivity index (χ0v) is 12.2. The highest BCUT2D eigenvalue weighted by Crippen LogP contribution is 1.94. The number of ether oxygens (including phenoxy) is 2. The highest BCUT2D eigenvalue weighted by molar-refractivity contribution is 5.91. The van der Waals surface area contributed by atoms with Crippen LogP contribution < -0.4 is 10.9 Å². The molecule has 118 valence electrons. The first-order valence-corrected chi connectivity index (χ1v) is 6.60. The van der Waals surface area contributed by atoms with Gasteiger partial charge >= 0.3 is 0 Å². The summed E-state index contributed by atoms with van der Waals surface area (Å²) in [6.07, 6.45) is -0.248. The molecule has 8 nitrogen and oxygen atoms in total. The van der Waals surface area contributed by atoms with Crippen molar-refractivity contribution in [3.05, 3.63) is 28.2 Å². The number of hydrogen-bond donors (Lipinski definition) is 2. The zero-order chi connectivity index (χ0) is 15.7. The maximum absolute atomic E-state index is 11.9. The standard InChI is InChI=1S/C13H21N3O5/c1-20-8-7-16-12(18)4-3-11(15-16)13(19)14-6-5-10(17)9-21-2/h3-4,10,17H,5-9H2,1-2H3,(H,14,19). The summed E-state index contributed by atoms with van der Waals surface area (Å²) in [5.74, 6) is -0.397. The lowest BCUT2D eigenvalue weighted by Gasteiger charge is -2.10. The minimum absolute atomic E-state index is 0.145. The average Bonchev–Trinajstić information content (AvgIpc) is 2.46. The Balaban J connectivity index is 2.55. The molecule has 21 heavy (non-hydrogen) atoms. The van der Waals surface area contributed by atoms with Crippen LogP contribution in [0.15, 0.2) is 16.9 Å². The molecule has 0 saturated carbocycles. The van der Waals surface area contributed by atoms with Crippen LogP contribution in [0.5, 0.6) is 0 Å². The van der Waals surface area contributed by atoms with Crippen molar-refractivity contribution in [3.63, 3.8) is 0 Å². The van der Waals surface area contributed by atoms with E-state index < -0.39 is 12.0 Å². The van der Waals surface area contributed by atoms with Gasteiger partial charge < -0.3 is 19.9 Å². The van der Waals surface area contributed by atoms with Crippen molar-refractivity contribution in [1.82, 2.24) is 15.1 Å². The zero-order valence-electron chi connectivity index (χ0n) is 12.2. The molecule has 0 radical (unpaired) electrons. The van der Waals surface area contributed by atoms with Gasteiger partial charge in [-0.1, -0.05) is 0 Å². The fourth-order valence-corrected chi connectivity index (χ4v) is 1.63. The molecule has 0 saturated heterocycles. The molecule has 0 bridgehead atoms. The van der Waals surface area contributed by atoms with Crippen molar-refractivity contribution < 1.29 is 19.4 Å². The van der Waals surface area contributed by atoms with Crippen LogP contribution in [0.4, 0.5) is 0 Å².